The molecule has 0 N–H and O–H groups in total. The maximum atomic E-state index is 12.7. The Kier molecular flexibility index (Phi) is 5.52. The van der Waals surface area contributed by atoms with Gasteiger partial charge in [-0.1, -0.05) is 13.8 Å². The van der Waals surface area contributed by atoms with Crippen LogP contribution in [0.2, 0.25) is 0 Å². The lowest BCUT2D eigenvalue weighted by molar-refractivity contribution is -0.141. The van der Waals surface area contributed by atoms with E-state index < -0.39 is 11.9 Å². The number of pyridine rings is 1. The van der Waals surface area contributed by atoms with Gasteiger partial charge in [-0.05, 0) is 45.1 Å². The van der Waals surface area contributed by atoms with Crippen molar-refractivity contribution in [2.24, 2.45) is 5.41 Å². The molecule has 1 aromatic heterocycles. The van der Waals surface area contributed by atoms with E-state index in [1.165, 1.54) is 6.07 Å². The van der Waals surface area contributed by atoms with Gasteiger partial charge < -0.3 is 9.80 Å². The van der Waals surface area contributed by atoms with Gasteiger partial charge in [0.1, 0.15) is 5.69 Å². The molecule has 1 aromatic rings. The van der Waals surface area contributed by atoms with Crippen LogP contribution in [0.15, 0.2) is 18.3 Å². The minimum Gasteiger partial charge on any atom is -0.337 e. The number of nitrogens with zero attached hydrogens (tertiary/aromatic N) is 3. The third-order valence-corrected chi connectivity index (χ3v) is 4.68. The number of aromatic nitrogens is 1. The monoisotopic (exact) mass is 343 g/mol. The van der Waals surface area contributed by atoms with Gasteiger partial charge in [0.15, 0.2) is 0 Å². The van der Waals surface area contributed by atoms with Crippen molar-refractivity contribution in [3.63, 3.8) is 0 Å². The van der Waals surface area contributed by atoms with Crippen LogP contribution in [0.1, 0.15) is 42.7 Å². The summed E-state index contributed by atoms with van der Waals surface area (Å²) in [4.78, 5) is 19.5. The maximum absolute atomic E-state index is 12.7. The Hall–Kier alpha value is -1.63. The van der Waals surface area contributed by atoms with Crippen molar-refractivity contribution >= 4 is 5.91 Å². The molecule has 3 rings (SSSR count). The highest BCUT2D eigenvalue weighted by atomic mass is 19.4. The standard InChI is InChI=1S/C15H18F3N3O.C2H6/c1-20-6-3-14(4-7-20)9-21(10-14)13(22)11-2-5-19-12(8-11)15(16,17)18;1-2/h2,5,8H,3-4,6-7,9-10H2,1H3;1-2H3. The Morgan fingerprint density at radius 2 is 1.79 bits per heavy atom. The van der Waals surface area contributed by atoms with Crippen molar-refractivity contribution in [2.75, 3.05) is 33.2 Å². The summed E-state index contributed by atoms with van der Waals surface area (Å²) in [5.41, 5.74) is -0.791. The number of carbonyl (C=O) groups excluding carboxylic acids is 1. The zero-order valence-electron chi connectivity index (χ0n) is 14.4. The SMILES string of the molecule is CC.CN1CCC2(CC1)CN(C(=O)c1ccnc(C(F)(F)F)c1)C2. The summed E-state index contributed by atoms with van der Waals surface area (Å²) in [7, 11) is 2.07. The Labute approximate surface area is 140 Å². The molecule has 0 bridgehead atoms. The van der Waals surface area contributed by atoms with Crippen LogP contribution >= 0.6 is 0 Å². The van der Waals surface area contributed by atoms with Crippen LogP contribution in [0.5, 0.6) is 0 Å². The first-order valence-electron chi connectivity index (χ1n) is 8.30. The summed E-state index contributed by atoms with van der Waals surface area (Å²) in [6.45, 7) is 7.30. The molecule has 1 spiro atoms. The topological polar surface area (TPSA) is 36.4 Å². The molecule has 0 saturated carbocycles. The molecule has 0 aromatic carbocycles. The largest absolute Gasteiger partial charge is 0.433 e. The number of piperidine rings is 1. The van der Waals surface area contributed by atoms with Gasteiger partial charge in [-0.3, -0.25) is 9.78 Å². The number of likely N-dealkylation sites (tertiary alicyclic amines) is 2. The quantitative estimate of drug-likeness (QED) is 0.785. The van der Waals surface area contributed by atoms with Crippen LogP contribution in [0.25, 0.3) is 0 Å². The highest BCUT2D eigenvalue weighted by molar-refractivity contribution is 5.94. The Bertz CT molecular complexity index is 573. The molecule has 2 aliphatic rings. The average Bonchev–Trinajstić information content (AvgIpc) is 2.54. The number of carbonyl (C=O) groups is 1. The summed E-state index contributed by atoms with van der Waals surface area (Å²) in [6, 6.07) is 2.18. The van der Waals surface area contributed by atoms with Crippen LogP contribution in [0.4, 0.5) is 13.2 Å². The lowest BCUT2D eigenvalue weighted by Gasteiger charge is -2.53. The van der Waals surface area contributed by atoms with E-state index >= 15 is 0 Å². The highest BCUT2D eigenvalue weighted by Gasteiger charge is 2.46. The van der Waals surface area contributed by atoms with Crippen LogP contribution in [-0.2, 0) is 6.18 Å². The molecule has 7 heteroatoms. The molecule has 0 radical (unpaired) electrons. The minimum absolute atomic E-state index is 0.0603. The Morgan fingerprint density at radius 3 is 2.33 bits per heavy atom. The molecule has 2 fully saturated rings. The normalized spacial score (nSPS) is 20.2. The van der Waals surface area contributed by atoms with Gasteiger partial charge in [0, 0.05) is 30.3 Å². The van der Waals surface area contributed by atoms with E-state index in [1.807, 2.05) is 13.8 Å². The number of rotatable bonds is 1. The zero-order chi connectivity index (χ0) is 18.0. The van der Waals surface area contributed by atoms with Gasteiger partial charge in [0.25, 0.3) is 5.91 Å². The second kappa shape index (κ2) is 7.09. The van der Waals surface area contributed by atoms with E-state index in [1.54, 1.807) is 4.90 Å². The molecule has 2 saturated heterocycles. The number of alkyl halides is 3. The third kappa shape index (κ3) is 3.88. The number of hydrogen-bond acceptors (Lipinski definition) is 3. The van der Waals surface area contributed by atoms with Crippen molar-refractivity contribution < 1.29 is 18.0 Å². The van der Waals surface area contributed by atoms with Gasteiger partial charge in [-0.25, -0.2) is 0 Å². The van der Waals surface area contributed by atoms with Gasteiger partial charge in [-0.15, -0.1) is 0 Å². The van der Waals surface area contributed by atoms with E-state index in [0.717, 1.165) is 38.2 Å². The van der Waals surface area contributed by atoms with E-state index in [0.29, 0.717) is 13.1 Å². The first-order valence-corrected chi connectivity index (χ1v) is 8.30. The number of hydrogen-bond donors (Lipinski definition) is 0. The molecule has 4 nitrogen and oxygen atoms in total. The lowest BCUT2D eigenvalue weighted by Crippen LogP contribution is -2.61. The smallest absolute Gasteiger partial charge is 0.337 e. The predicted molar refractivity (Wildman–Crippen MR) is 85.7 cm³/mol. The zero-order valence-corrected chi connectivity index (χ0v) is 14.4. The van der Waals surface area contributed by atoms with Gasteiger partial charge >= 0.3 is 6.18 Å². The van der Waals surface area contributed by atoms with Crippen LogP contribution in [0, 0.1) is 5.41 Å². The van der Waals surface area contributed by atoms with E-state index in [4.69, 9.17) is 0 Å². The third-order valence-electron chi connectivity index (χ3n) is 4.68. The number of amides is 1. The molecule has 0 aliphatic carbocycles. The average molecular weight is 343 g/mol. The van der Waals surface area contributed by atoms with Gasteiger partial charge in [-0.2, -0.15) is 13.2 Å². The maximum Gasteiger partial charge on any atom is 0.433 e. The molecule has 1 amide bonds. The molecular formula is C17H24F3N3O. The van der Waals surface area contributed by atoms with Crippen molar-refractivity contribution in [3.8, 4) is 0 Å². The highest BCUT2D eigenvalue weighted by Crippen LogP contribution is 2.40. The molecule has 0 unspecified atom stereocenters. The summed E-state index contributed by atoms with van der Waals surface area (Å²) < 4.78 is 38.0. The summed E-state index contributed by atoms with van der Waals surface area (Å²) >= 11 is 0. The fourth-order valence-corrected chi connectivity index (χ4v) is 3.22. The Morgan fingerprint density at radius 1 is 1.21 bits per heavy atom. The first kappa shape index (κ1) is 18.7. The Balaban J connectivity index is 0.00000100. The van der Waals surface area contributed by atoms with Gasteiger partial charge in [0.05, 0.1) is 0 Å². The molecular weight excluding hydrogens is 319 g/mol. The minimum atomic E-state index is -4.53. The molecule has 2 aliphatic heterocycles. The van der Waals surface area contributed by atoms with Crippen molar-refractivity contribution in [3.05, 3.63) is 29.6 Å². The van der Waals surface area contributed by atoms with E-state index in [2.05, 4.69) is 16.9 Å². The van der Waals surface area contributed by atoms with E-state index in [9.17, 15) is 18.0 Å². The molecule has 134 valence electrons. The van der Waals surface area contributed by atoms with Crippen molar-refractivity contribution in [1.82, 2.24) is 14.8 Å². The number of halogens is 3. The fraction of sp³-hybridized carbons (Fsp3) is 0.647. The summed E-state index contributed by atoms with van der Waals surface area (Å²) in [6.07, 6.45) is -1.41. The molecule has 24 heavy (non-hydrogen) atoms. The van der Waals surface area contributed by atoms with E-state index in [-0.39, 0.29) is 16.9 Å². The predicted octanol–water partition coefficient (Wildman–Crippen LogP) is 3.29. The van der Waals surface area contributed by atoms with Crippen LogP contribution in [-0.4, -0.2) is 53.9 Å². The van der Waals surface area contributed by atoms with Crippen molar-refractivity contribution in [2.45, 2.75) is 32.9 Å². The second-order valence-corrected chi connectivity index (χ2v) is 6.39. The van der Waals surface area contributed by atoms with Crippen molar-refractivity contribution in [1.29, 1.82) is 0 Å². The fourth-order valence-electron chi connectivity index (χ4n) is 3.22. The van der Waals surface area contributed by atoms with Gasteiger partial charge in [0.2, 0.25) is 0 Å². The molecule has 0 atom stereocenters. The summed E-state index contributed by atoms with van der Waals surface area (Å²) in [5.74, 6) is -0.336. The van der Waals surface area contributed by atoms with Crippen LogP contribution in [0.3, 0.4) is 0 Å². The lowest BCUT2D eigenvalue weighted by atomic mass is 9.72. The first-order chi connectivity index (χ1) is 11.3. The molecule has 3 heterocycles. The van der Waals surface area contributed by atoms with Crippen LogP contribution < -0.4 is 0 Å². The second-order valence-electron chi connectivity index (χ2n) is 6.39. The summed E-state index contributed by atoms with van der Waals surface area (Å²) in [5, 5.41) is 0.